The molecule has 1 aromatic rings. The Morgan fingerprint density at radius 3 is 3.08 bits per heavy atom. The van der Waals surface area contributed by atoms with Crippen LogP contribution in [-0.4, -0.2) is 27.8 Å². The molecule has 0 fully saturated rings. The van der Waals surface area contributed by atoms with Gasteiger partial charge in [0.25, 0.3) is 0 Å². The molecule has 0 aliphatic heterocycles. The predicted octanol–water partition coefficient (Wildman–Crippen LogP) is 0.373. The lowest BCUT2D eigenvalue weighted by Crippen LogP contribution is -2.14. The number of hydrogen-bond donors (Lipinski definition) is 2. The Kier molecular flexibility index (Phi) is 3.92. The lowest BCUT2D eigenvalue weighted by molar-refractivity contribution is 0.177. The Bertz CT molecular complexity index is 245. The highest BCUT2D eigenvalue weighted by molar-refractivity contribution is 4.91. The summed E-state index contributed by atoms with van der Waals surface area (Å²) >= 11 is 0. The Balaban J connectivity index is 2.49. The molecule has 0 radical (unpaired) electrons. The Morgan fingerprint density at radius 1 is 1.69 bits per heavy atom. The molecule has 4 nitrogen and oxygen atoms in total. The summed E-state index contributed by atoms with van der Waals surface area (Å²) in [5.41, 5.74) is 0. The fraction of sp³-hybridized carbons (Fsp3) is 0.667. The van der Waals surface area contributed by atoms with Gasteiger partial charge in [-0.15, -0.1) is 0 Å². The number of aromatic nitrogens is 2. The molecule has 1 unspecified atom stereocenters. The molecule has 0 aliphatic rings. The quantitative estimate of drug-likeness (QED) is 0.693. The first-order chi connectivity index (χ1) is 6.24. The van der Waals surface area contributed by atoms with E-state index in [1.807, 2.05) is 13.2 Å². The molecule has 74 valence electrons. The van der Waals surface area contributed by atoms with E-state index in [2.05, 4.69) is 14.9 Å². The topological polar surface area (TPSA) is 50.1 Å². The molecule has 4 heteroatoms. The third kappa shape index (κ3) is 3.16. The van der Waals surface area contributed by atoms with Crippen molar-refractivity contribution in [3.05, 3.63) is 18.2 Å². The van der Waals surface area contributed by atoms with Crippen molar-refractivity contribution in [2.45, 2.75) is 32.5 Å². The van der Waals surface area contributed by atoms with Gasteiger partial charge in [-0.1, -0.05) is 0 Å². The summed E-state index contributed by atoms with van der Waals surface area (Å²) in [6.07, 6.45) is 4.25. The molecule has 1 aromatic heterocycles. The summed E-state index contributed by atoms with van der Waals surface area (Å²) in [4.78, 5) is 4.20. The number of aliphatic hydroxyl groups is 1. The second kappa shape index (κ2) is 4.99. The fourth-order valence-corrected chi connectivity index (χ4v) is 1.19. The Hall–Kier alpha value is -0.870. The zero-order valence-corrected chi connectivity index (χ0v) is 8.20. The van der Waals surface area contributed by atoms with Gasteiger partial charge in [-0.05, 0) is 20.4 Å². The number of imidazole rings is 1. The van der Waals surface area contributed by atoms with E-state index >= 15 is 0 Å². The minimum atomic E-state index is -0.246. The number of hydrogen-bond acceptors (Lipinski definition) is 3. The highest BCUT2D eigenvalue weighted by Gasteiger charge is 2.02. The third-order valence-corrected chi connectivity index (χ3v) is 1.92. The van der Waals surface area contributed by atoms with Crippen LogP contribution in [0.4, 0.5) is 0 Å². The van der Waals surface area contributed by atoms with Crippen LogP contribution in [0.15, 0.2) is 12.4 Å². The lowest BCUT2D eigenvalue weighted by atomic mass is 10.3. The molecular weight excluding hydrogens is 166 g/mol. The van der Waals surface area contributed by atoms with Crippen molar-refractivity contribution in [2.75, 3.05) is 7.05 Å². The minimum absolute atomic E-state index is 0.246. The van der Waals surface area contributed by atoms with E-state index in [0.29, 0.717) is 0 Å². The summed E-state index contributed by atoms with van der Waals surface area (Å²) < 4.78 is 2.06. The number of nitrogens with one attached hydrogen (secondary N) is 1. The van der Waals surface area contributed by atoms with Gasteiger partial charge in [-0.3, -0.25) is 0 Å². The van der Waals surface area contributed by atoms with E-state index < -0.39 is 0 Å². The SMILES string of the molecule is CNCc1nccn1CCC(C)O. The van der Waals surface area contributed by atoms with Gasteiger partial charge in [-0.2, -0.15) is 0 Å². The van der Waals surface area contributed by atoms with Crippen LogP contribution >= 0.6 is 0 Å². The number of aryl methyl sites for hydroxylation is 1. The molecule has 1 rings (SSSR count). The van der Waals surface area contributed by atoms with Gasteiger partial charge in [0.15, 0.2) is 0 Å². The smallest absolute Gasteiger partial charge is 0.122 e. The minimum Gasteiger partial charge on any atom is -0.393 e. The van der Waals surface area contributed by atoms with Crippen molar-refractivity contribution in [3.8, 4) is 0 Å². The molecule has 0 aromatic carbocycles. The summed E-state index contributed by atoms with van der Waals surface area (Å²) in [6, 6.07) is 0. The van der Waals surface area contributed by atoms with Crippen molar-refractivity contribution in [1.29, 1.82) is 0 Å². The van der Waals surface area contributed by atoms with Crippen LogP contribution < -0.4 is 5.32 Å². The van der Waals surface area contributed by atoms with Crippen molar-refractivity contribution in [3.63, 3.8) is 0 Å². The van der Waals surface area contributed by atoms with Crippen molar-refractivity contribution >= 4 is 0 Å². The van der Waals surface area contributed by atoms with E-state index in [4.69, 9.17) is 5.11 Å². The summed E-state index contributed by atoms with van der Waals surface area (Å²) in [7, 11) is 1.90. The maximum Gasteiger partial charge on any atom is 0.122 e. The maximum atomic E-state index is 9.12. The molecular formula is C9H17N3O. The van der Waals surface area contributed by atoms with Gasteiger partial charge in [-0.25, -0.2) is 4.98 Å². The Labute approximate surface area is 78.6 Å². The second-order valence-electron chi connectivity index (χ2n) is 3.20. The van der Waals surface area contributed by atoms with Gasteiger partial charge in [0.2, 0.25) is 0 Å². The highest BCUT2D eigenvalue weighted by Crippen LogP contribution is 2.01. The average molecular weight is 183 g/mol. The molecule has 1 heterocycles. The van der Waals surface area contributed by atoms with Crippen LogP contribution in [0.1, 0.15) is 19.2 Å². The molecule has 0 spiro atoms. The first kappa shape index (κ1) is 10.2. The summed E-state index contributed by atoms with van der Waals surface area (Å²) in [5.74, 6) is 1.02. The first-order valence-corrected chi connectivity index (χ1v) is 4.56. The van der Waals surface area contributed by atoms with Crippen LogP contribution in [0.2, 0.25) is 0 Å². The molecule has 13 heavy (non-hydrogen) atoms. The monoisotopic (exact) mass is 183 g/mol. The molecule has 0 bridgehead atoms. The number of nitrogens with zero attached hydrogens (tertiary/aromatic N) is 2. The van der Waals surface area contributed by atoms with Gasteiger partial charge in [0.05, 0.1) is 12.6 Å². The van der Waals surface area contributed by atoms with E-state index in [-0.39, 0.29) is 6.10 Å². The van der Waals surface area contributed by atoms with Crippen molar-refractivity contribution in [1.82, 2.24) is 14.9 Å². The Morgan fingerprint density at radius 2 is 2.46 bits per heavy atom. The number of rotatable bonds is 5. The van der Waals surface area contributed by atoms with Gasteiger partial charge in [0, 0.05) is 18.9 Å². The molecule has 2 N–H and O–H groups in total. The molecule has 0 saturated carbocycles. The highest BCUT2D eigenvalue weighted by atomic mass is 16.3. The predicted molar refractivity (Wildman–Crippen MR) is 51.3 cm³/mol. The third-order valence-electron chi connectivity index (χ3n) is 1.92. The van der Waals surface area contributed by atoms with Crippen LogP contribution in [0, 0.1) is 0 Å². The van der Waals surface area contributed by atoms with Crippen molar-refractivity contribution < 1.29 is 5.11 Å². The van der Waals surface area contributed by atoms with E-state index in [9.17, 15) is 0 Å². The fourth-order valence-electron chi connectivity index (χ4n) is 1.19. The maximum absolute atomic E-state index is 9.12. The van der Waals surface area contributed by atoms with Crippen molar-refractivity contribution in [2.24, 2.45) is 0 Å². The van der Waals surface area contributed by atoms with Gasteiger partial charge >= 0.3 is 0 Å². The molecule has 0 amide bonds. The largest absolute Gasteiger partial charge is 0.393 e. The van der Waals surface area contributed by atoms with E-state index in [1.54, 1.807) is 13.1 Å². The van der Waals surface area contributed by atoms with E-state index in [0.717, 1.165) is 25.3 Å². The first-order valence-electron chi connectivity index (χ1n) is 4.56. The van der Waals surface area contributed by atoms with Gasteiger partial charge < -0.3 is 15.0 Å². The summed E-state index contributed by atoms with van der Waals surface area (Å²) in [5, 5.41) is 12.2. The van der Waals surface area contributed by atoms with Crippen LogP contribution in [0.5, 0.6) is 0 Å². The van der Waals surface area contributed by atoms with Crippen LogP contribution in [0.3, 0.4) is 0 Å². The van der Waals surface area contributed by atoms with Crippen LogP contribution in [0.25, 0.3) is 0 Å². The summed E-state index contributed by atoms with van der Waals surface area (Å²) in [6.45, 7) is 3.40. The normalized spacial score (nSPS) is 13.2. The average Bonchev–Trinajstić information content (AvgIpc) is 2.49. The molecule has 1 atom stereocenters. The standard InChI is InChI=1S/C9H17N3O/c1-8(13)3-5-12-6-4-11-9(12)7-10-2/h4,6,8,10,13H,3,5,7H2,1-2H3. The zero-order valence-electron chi connectivity index (χ0n) is 8.20. The second-order valence-corrected chi connectivity index (χ2v) is 3.20. The lowest BCUT2D eigenvalue weighted by Gasteiger charge is -2.08. The molecule has 0 saturated heterocycles. The number of aliphatic hydroxyl groups excluding tert-OH is 1. The van der Waals surface area contributed by atoms with E-state index in [1.165, 1.54) is 0 Å². The zero-order chi connectivity index (χ0) is 9.68. The molecule has 0 aliphatic carbocycles. The van der Waals surface area contributed by atoms with Crippen LogP contribution in [-0.2, 0) is 13.1 Å². The van der Waals surface area contributed by atoms with Gasteiger partial charge in [0.1, 0.15) is 5.82 Å².